The predicted octanol–water partition coefficient (Wildman–Crippen LogP) is 1.63. The Labute approximate surface area is 112 Å². The number of nitrogens with zero attached hydrogens (tertiary/aromatic N) is 3. The van der Waals surface area contributed by atoms with Gasteiger partial charge < -0.3 is 14.4 Å². The van der Waals surface area contributed by atoms with Crippen LogP contribution in [-0.2, 0) is 4.74 Å². The summed E-state index contributed by atoms with van der Waals surface area (Å²) in [5.74, 6) is 1.74. The molecule has 2 rings (SSSR count). The average molecular weight is 272 g/mol. The third-order valence-corrected chi connectivity index (χ3v) is 3.31. The van der Waals surface area contributed by atoms with E-state index in [2.05, 4.69) is 21.8 Å². The molecule has 0 radical (unpaired) electrons. The molecule has 0 aliphatic carbocycles. The number of hydrogen-bond donors (Lipinski definition) is 0. The lowest BCUT2D eigenvalue weighted by atomic mass is 10.2. The average Bonchev–Trinajstić information content (AvgIpc) is 2.38. The van der Waals surface area contributed by atoms with Crippen molar-refractivity contribution in [3.8, 4) is 5.88 Å². The summed E-state index contributed by atoms with van der Waals surface area (Å²) < 4.78 is 10.8. The van der Waals surface area contributed by atoms with Crippen LogP contribution in [0.4, 0.5) is 5.95 Å². The van der Waals surface area contributed by atoms with E-state index in [-0.39, 0.29) is 12.1 Å². The highest BCUT2D eigenvalue weighted by Crippen LogP contribution is 2.21. The van der Waals surface area contributed by atoms with Gasteiger partial charge in [0.05, 0.1) is 31.7 Å². The molecule has 1 aromatic heterocycles. The first-order chi connectivity index (χ1) is 8.63. The van der Waals surface area contributed by atoms with Crippen LogP contribution >= 0.6 is 11.6 Å². The maximum absolute atomic E-state index is 5.85. The second-order valence-electron chi connectivity index (χ2n) is 4.46. The lowest BCUT2D eigenvalue weighted by Gasteiger charge is -2.37. The van der Waals surface area contributed by atoms with Crippen LogP contribution in [-0.4, -0.2) is 48.3 Å². The first kappa shape index (κ1) is 13.4. The number of hydrogen-bond acceptors (Lipinski definition) is 5. The Hall–Kier alpha value is -1.07. The van der Waals surface area contributed by atoms with Gasteiger partial charge in [-0.05, 0) is 13.8 Å². The number of aryl methyl sites for hydroxylation is 1. The Morgan fingerprint density at radius 2 is 2.33 bits per heavy atom. The van der Waals surface area contributed by atoms with Gasteiger partial charge in [-0.1, -0.05) is 0 Å². The van der Waals surface area contributed by atoms with Gasteiger partial charge in [0.15, 0.2) is 0 Å². The topological polar surface area (TPSA) is 47.5 Å². The molecule has 1 saturated heterocycles. The van der Waals surface area contributed by atoms with Gasteiger partial charge in [-0.2, -0.15) is 4.98 Å². The third kappa shape index (κ3) is 2.84. The molecule has 0 saturated carbocycles. The Balaban J connectivity index is 2.25. The third-order valence-electron chi connectivity index (χ3n) is 2.96. The molecule has 0 N–H and O–H groups in total. The van der Waals surface area contributed by atoms with Gasteiger partial charge in [0.25, 0.3) is 0 Å². The molecule has 5 nitrogen and oxygen atoms in total. The van der Waals surface area contributed by atoms with Gasteiger partial charge in [0.2, 0.25) is 11.8 Å². The van der Waals surface area contributed by atoms with E-state index in [1.807, 2.05) is 13.0 Å². The van der Waals surface area contributed by atoms with Gasteiger partial charge in [-0.15, -0.1) is 11.6 Å². The highest BCUT2D eigenvalue weighted by molar-refractivity contribution is 6.18. The van der Waals surface area contributed by atoms with E-state index in [0.717, 1.165) is 5.69 Å². The van der Waals surface area contributed by atoms with Gasteiger partial charge in [-0.3, -0.25) is 0 Å². The van der Waals surface area contributed by atoms with Gasteiger partial charge >= 0.3 is 0 Å². The summed E-state index contributed by atoms with van der Waals surface area (Å²) in [6.07, 6.45) is 0.0259. The van der Waals surface area contributed by atoms with Crippen LogP contribution in [0, 0.1) is 6.92 Å². The number of morpholine rings is 1. The van der Waals surface area contributed by atoms with E-state index >= 15 is 0 Å². The Bertz CT molecular complexity index is 416. The molecule has 1 aliphatic rings. The molecule has 1 fully saturated rings. The van der Waals surface area contributed by atoms with Crippen LogP contribution < -0.4 is 9.64 Å². The number of rotatable bonds is 3. The molecule has 0 spiro atoms. The highest BCUT2D eigenvalue weighted by Gasteiger charge is 2.27. The molecule has 18 heavy (non-hydrogen) atoms. The lowest BCUT2D eigenvalue weighted by molar-refractivity contribution is 0.0357. The molecule has 6 heteroatoms. The summed E-state index contributed by atoms with van der Waals surface area (Å²) in [4.78, 5) is 11.0. The molecule has 0 bridgehead atoms. The molecule has 2 heterocycles. The smallest absolute Gasteiger partial charge is 0.229 e. The fraction of sp³-hybridized carbons (Fsp3) is 0.667. The monoisotopic (exact) mass is 271 g/mol. The van der Waals surface area contributed by atoms with Crippen molar-refractivity contribution in [2.24, 2.45) is 0 Å². The second kappa shape index (κ2) is 5.71. The van der Waals surface area contributed by atoms with Crippen molar-refractivity contribution < 1.29 is 9.47 Å². The summed E-state index contributed by atoms with van der Waals surface area (Å²) in [6, 6.07) is 2.05. The van der Waals surface area contributed by atoms with Crippen LogP contribution in [0.5, 0.6) is 5.88 Å². The Morgan fingerprint density at radius 3 is 3.00 bits per heavy atom. The fourth-order valence-corrected chi connectivity index (χ4v) is 2.13. The summed E-state index contributed by atoms with van der Waals surface area (Å²) >= 11 is 5.85. The number of alkyl halides is 1. The zero-order valence-corrected chi connectivity index (χ0v) is 11.6. The summed E-state index contributed by atoms with van der Waals surface area (Å²) in [7, 11) is 1.61. The number of halogens is 1. The van der Waals surface area contributed by atoms with Gasteiger partial charge in [0.1, 0.15) is 0 Å². The number of ether oxygens (including phenoxy) is 2. The van der Waals surface area contributed by atoms with Gasteiger partial charge in [-0.25, -0.2) is 4.98 Å². The van der Waals surface area contributed by atoms with E-state index in [4.69, 9.17) is 21.1 Å². The van der Waals surface area contributed by atoms with E-state index in [0.29, 0.717) is 30.9 Å². The number of anilines is 1. The van der Waals surface area contributed by atoms with E-state index < -0.39 is 0 Å². The van der Waals surface area contributed by atoms with Gasteiger partial charge in [0, 0.05) is 18.3 Å². The van der Waals surface area contributed by atoms with Crippen LogP contribution in [0.15, 0.2) is 6.07 Å². The van der Waals surface area contributed by atoms with Crippen molar-refractivity contribution in [3.05, 3.63) is 11.8 Å². The molecule has 1 aromatic rings. The zero-order valence-electron chi connectivity index (χ0n) is 10.9. The first-order valence-corrected chi connectivity index (χ1v) is 6.51. The molecule has 0 aromatic carbocycles. The normalized spacial score (nSPS) is 24.1. The van der Waals surface area contributed by atoms with Crippen LogP contribution in [0.25, 0.3) is 0 Å². The van der Waals surface area contributed by atoms with Crippen molar-refractivity contribution >= 4 is 17.5 Å². The zero-order chi connectivity index (χ0) is 13.1. The molecular formula is C12H18ClN3O2. The largest absolute Gasteiger partial charge is 0.481 e. The molecule has 2 unspecified atom stereocenters. The minimum atomic E-state index is 0.0259. The molecular weight excluding hydrogens is 254 g/mol. The molecule has 100 valence electrons. The molecule has 0 amide bonds. The molecule has 1 aliphatic heterocycles. The second-order valence-corrected chi connectivity index (χ2v) is 4.77. The maximum Gasteiger partial charge on any atom is 0.229 e. The Morgan fingerprint density at radius 1 is 1.56 bits per heavy atom. The summed E-state index contributed by atoms with van der Waals surface area (Å²) in [6.45, 7) is 5.36. The van der Waals surface area contributed by atoms with E-state index in [1.165, 1.54) is 0 Å². The first-order valence-electron chi connectivity index (χ1n) is 5.98. The van der Waals surface area contributed by atoms with Crippen LogP contribution in [0.1, 0.15) is 12.6 Å². The van der Waals surface area contributed by atoms with Crippen molar-refractivity contribution in [1.82, 2.24) is 9.97 Å². The summed E-state index contributed by atoms with van der Waals surface area (Å²) in [5, 5.41) is 0. The number of aromatic nitrogens is 2. The maximum atomic E-state index is 5.85. The van der Waals surface area contributed by atoms with Crippen LogP contribution in [0.2, 0.25) is 0 Å². The minimum absolute atomic E-state index is 0.0259. The van der Waals surface area contributed by atoms with E-state index in [9.17, 15) is 0 Å². The van der Waals surface area contributed by atoms with Crippen molar-refractivity contribution in [2.75, 3.05) is 31.0 Å². The molecule has 2 atom stereocenters. The highest BCUT2D eigenvalue weighted by atomic mass is 35.5. The van der Waals surface area contributed by atoms with Crippen molar-refractivity contribution in [1.29, 1.82) is 0 Å². The lowest BCUT2D eigenvalue weighted by Crippen LogP contribution is -2.49. The predicted molar refractivity (Wildman–Crippen MR) is 70.6 cm³/mol. The van der Waals surface area contributed by atoms with E-state index in [1.54, 1.807) is 7.11 Å². The quantitative estimate of drug-likeness (QED) is 0.782. The Kier molecular flexibility index (Phi) is 4.24. The standard InChI is InChI=1S/C12H18ClN3O2/c1-8-4-11(17-3)15-12(14-8)16-6-10(5-13)18-7-9(16)2/h4,9-10H,5-7H2,1-3H3. The summed E-state index contributed by atoms with van der Waals surface area (Å²) in [5.41, 5.74) is 0.887. The number of methoxy groups -OCH3 is 1. The fourth-order valence-electron chi connectivity index (χ4n) is 1.95. The van der Waals surface area contributed by atoms with Crippen molar-refractivity contribution in [3.63, 3.8) is 0 Å². The van der Waals surface area contributed by atoms with Crippen molar-refractivity contribution in [2.45, 2.75) is 26.0 Å². The van der Waals surface area contributed by atoms with Crippen LogP contribution in [0.3, 0.4) is 0 Å². The minimum Gasteiger partial charge on any atom is -0.481 e. The SMILES string of the molecule is COc1cc(C)nc(N2CC(CCl)OCC2C)n1.